The zero-order valence-corrected chi connectivity index (χ0v) is 10.4. The molecule has 90 valence electrons. The van der Waals surface area contributed by atoms with E-state index in [1.165, 1.54) is 6.20 Å². The van der Waals surface area contributed by atoms with E-state index in [9.17, 15) is 4.79 Å². The minimum absolute atomic E-state index is 0.180. The van der Waals surface area contributed by atoms with Gasteiger partial charge in [-0.25, -0.2) is 9.78 Å². The molecule has 1 N–H and O–H groups in total. The molecular formula is C12H21N3O. The lowest BCUT2D eigenvalue weighted by Crippen LogP contribution is -2.29. The molecule has 0 saturated carbocycles. The second kappa shape index (κ2) is 5.80. The molecule has 0 spiro atoms. The minimum atomic E-state index is -0.180. The van der Waals surface area contributed by atoms with Crippen molar-refractivity contribution in [2.75, 3.05) is 13.1 Å². The quantitative estimate of drug-likeness (QED) is 0.765. The van der Waals surface area contributed by atoms with Crippen molar-refractivity contribution >= 4 is 0 Å². The minimum Gasteiger partial charge on any atom is -0.315 e. The molecule has 0 amide bonds. The highest BCUT2D eigenvalue weighted by Crippen LogP contribution is 2.16. The van der Waals surface area contributed by atoms with Crippen molar-refractivity contribution in [3.8, 4) is 0 Å². The Morgan fingerprint density at radius 3 is 2.75 bits per heavy atom. The number of rotatable bonds is 5. The van der Waals surface area contributed by atoms with Crippen LogP contribution in [0.4, 0.5) is 0 Å². The van der Waals surface area contributed by atoms with Crippen LogP contribution in [0.2, 0.25) is 0 Å². The Balaban J connectivity index is 2.22. The molecule has 0 aliphatic rings. The van der Waals surface area contributed by atoms with E-state index in [4.69, 9.17) is 0 Å². The number of aromatic nitrogens is 2. The molecule has 1 aromatic rings. The Hall–Kier alpha value is -1.16. The Morgan fingerprint density at radius 2 is 2.12 bits per heavy atom. The smallest absolute Gasteiger partial charge is 0.315 e. The van der Waals surface area contributed by atoms with Gasteiger partial charge in [0, 0.05) is 25.5 Å². The summed E-state index contributed by atoms with van der Waals surface area (Å²) < 4.78 is 1.62. The van der Waals surface area contributed by atoms with Crippen LogP contribution in [0.15, 0.2) is 23.3 Å². The highest BCUT2D eigenvalue weighted by atomic mass is 16.1. The van der Waals surface area contributed by atoms with Crippen molar-refractivity contribution in [2.45, 2.75) is 33.7 Å². The predicted octanol–water partition coefficient (Wildman–Crippen LogP) is 1.27. The average Bonchev–Trinajstić information content (AvgIpc) is 2.18. The fourth-order valence-corrected chi connectivity index (χ4v) is 1.35. The van der Waals surface area contributed by atoms with Crippen LogP contribution < -0.4 is 11.0 Å². The van der Waals surface area contributed by atoms with Crippen molar-refractivity contribution in [3.63, 3.8) is 0 Å². The van der Waals surface area contributed by atoms with Crippen LogP contribution in [0.5, 0.6) is 0 Å². The maximum atomic E-state index is 11.3. The molecule has 0 saturated heterocycles. The fourth-order valence-electron chi connectivity index (χ4n) is 1.35. The summed E-state index contributed by atoms with van der Waals surface area (Å²) in [4.78, 5) is 15.0. The van der Waals surface area contributed by atoms with Gasteiger partial charge in [0.05, 0.1) is 0 Å². The van der Waals surface area contributed by atoms with Gasteiger partial charge in [0.25, 0.3) is 0 Å². The molecule has 0 atom stereocenters. The predicted molar refractivity (Wildman–Crippen MR) is 65.4 cm³/mol. The second-order valence-corrected chi connectivity index (χ2v) is 5.16. The van der Waals surface area contributed by atoms with Gasteiger partial charge in [-0.2, -0.15) is 0 Å². The van der Waals surface area contributed by atoms with Crippen LogP contribution >= 0.6 is 0 Å². The second-order valence-electron chi connectivity index (χ2n) is 5.16. The third kappa shape index (κ3) is 5.07. The van der Waals surface area contributed by atoms with E-state index in [1.807, 2.05) is 0 Å². The third-order valence-electron chi connectivity index (χ3n) is 2.36. The molecule has 0 unspecified atom stereocenters. The number of nitrogens with one attached hydrogen (secondary N) is 1. The van der Waals surface area contributed by atoms with E-state index >= 15 is 0 Å². The zero-order chi connectivity index (χ0) is 12.0. The fraction of sp³-hybridized carbons (Fsp3) is 0.667. The summed E-state index contributed by atoms with van der Waals surface area (Å²) in [7, 11) is 0. The molecule has 1 aromatic heterocycles. The summed E-state index contributed by atoms with van der Waals surface area (Å²) in [6, 6.07) is 1.77. The lowest BCUT2D eigenvalue weighted by atomic mass is 9.92. The van der Waals surface area contributed by atoms with E-state index < -0.39 is 0 Å². The van der Waals surface area contributed by atoms with Crippen LogP contribution in [-0.2, 0) is 6.54 Å². The van der Waals surface area contributed by atoms with Gasteiger partial charge in [-0.05, 0) is 24.4 Å². The first-order chi connectivity index (χ1) is 7.49. The van der Waals surface area contributed by atoms with E-state index in [1.54, 1.807) is 16.8 Å². The number of nitrogens with zero attached hydrogens (tertiary/aromatic N) is 2. The number of hydrogen-bond donors (Lipinski definition) is 1. The molecule has 0 aliphatic heterocycles. The summed E-state index contributed by atoms with van der Waals surface area (Å²) in [5, 5.41) is 3.33. The molecule has 4 nitrogen and oxygen atoms in total. The summed E-state index contributed by atoms with van der Waals surface area (Å²) >= 11 is 0. The topological polar surface area (TPSA) is 46.9 Å². The molecule has 0 radical (unpaired) electrons. The van der Waals surface area contributed by atoms with Crippen molar-refractivity contribution in [3.05, 3.63) is 28.9 Å². The Morgan fingerprint density at radius 1 is 1.38 bits per heavy atom. The van der Waals surface area contributed by atoms with Crippen LogP contribution in [-0.4, -0.2) is 22.6 Å². The van der Waals surface area contributed by atoms with E-state index in [0.717, 1.165) is 19.5 Å². The van der Waals surface area contributed by atoms with Gasteiger partial charge >= 0.3 is 5.69 Å². The van der Waals surface area contributed by atoms with Gasteiger partial charge in [-0.1, -0.05) is 20.8 Å². The summed E-state index contributed by atoms with van der Waals surface area (Å²) in [5.41, 5.74) is 0.179. The first kappa shape index (κ1) is 12.9. The first-order valence-electron chi connectivity index (χ1n) is 5.71. The first-order valence-corrected chi connectivity index (χ1v) is 5.71. The summed E-state index contributed by atoms with van der Waals surface area (Å²) in [5.74, 6) is 0. The monoisotopic (exact) mass is 223 g/mol. The maximum Gasteiger partial charge on any atom is 0.347 e. The molecular weight excluding hydrogens is 202 g/mol. The molecule has 1 rings (SSSR count). The van der Waals surface area contributed by atoms with Gasteiger partial charge in [-0.3, -0.25) is 4.57 Å². The lowest BCUT2D eigenvalue weighted by molar-refractivity contribution is 0.365. The van der Waals surface area contributed by atoms with Crippen LogP contribution in [0.25, 0.3) is 0 Å². The third-order valence-corrected chi connectivity index (χ3v) is 2.36. The van der Waals surface area contributed by atoms with Gasteiger partial charge in [0.1, 0.15) is 0 Å². The van der Waals surface area contributed by atoms with Crippen molar-refractivity contribution in [1.82, 2.24) is 14.9 Å². The summed E-state index contributed by atoms with van der Waals surface area (Å²) in [6.45, 7) is 9.14. The SMILES string of the molecule is CC(C)(C)CCNCCn1cccnc1=O. The highest BCUT2D eigenvalue weighted by Gasteiger charge is 2.08. The van der Waals surface area contributed by atoms with Crippen LogP contribution in [0.3, 0.4) is 0 Å². The largest absolute Gasteiger partial charge is 0.347 e. The molecule has 0 fully saturated rings. The Labute approximate surface area is 96.7 Å². The number of hydrogen-bond acceptors (Lipinski definition) is 3. The van der Waals surface area contributed by atoms with E-state index in [0.29, 0.717) is 12.0 Å². The van der Waals surface area contributed by atoms with Crippen molar-refractivity contribution < 1.29 is 0 Å². The van der Waals surface area contributed by atoms with Crippen LogP contribution in [0, 0.1) is 5.41 Å². The zero-order valence-electron chi connectivity index (χ0n) is 10.4. The summed E-state index contributed by atoms with van der Waals surface area (Å²) in [6.07, 6.45) is 4.42. The normalized spacial score (nSPS) is 11.7. The molecule has 0 aliphatic carbocycles. The Kier molecular flexibility index (Phi) is 4.68. The van der Waals surface area contributed by atoms with Crippen molar-refractivity contribution in [2.24, 2.45) is 5.41 Å². The molecule has 1 heterocycles. The standard InChI is InChI=1S/C12H21N3O/c1-12(2,3)5-7-13-8-10-15-9-4-6-14-11(15)16/h4,6,9,13H,5,7-8,10H2,1-3H3. The van der Waals surface area contributed by atoms with Crippen molar-refractivity contribution in [1.29, 1.82) is 0 Å². The molecule has 0 bridgehead atoms. The van der Waals surface area contributed by atoms with E-state index in [-0.39, 0.29) is 5.69 Å². The Bertz CT molecular complexity index is 365. The highest BCUT2D eigenvalue weighted by molar-refractivity contribution is 4.80. The molecule has 0 aromatic carbocycles. The van der Waals surface area contributed by atoms with Gasteiger partial charge in [0.2, 0.25) is 0 Å². The average molecular weight is 223 g/mol. The van der Waals surface area contributed by atoms with E-state index in [2.05, 4.69) is 31.1 Å². The van der Waals surface area contributed by atoms with Crippen LogP contribution in [0.1, 0.15) is 27.2 Å². The van der Waals surface area contributed by atoms with Gasteiger partial charge in [0.15, 0.2) is 0 Å². The van der Waals surface area contributed by atoms with Gasteiger partial charge < -0.3 is 5.32 Å². The van der Waals surface area contributed by atoms with Gasteiger partial charge in [-0.15, -0.1) is 0 Å². The maximum absolute atomic E-state index is 11.3. The molecule has 4 heteroatoms. The molecule has 16 heavy (non-hydrogen) atoms. The lowest BCUT2D eigenvalue weighted by Gasteiger charge is -2.18.